The van der Waals surface area contributed by atoms with Crippen molar-refractivity contribution in [2.75, 3.05) is 12.4 Å². The summed E-state index contributed by atoms with van der Waals surface area (Å²) in [5, 5.41) is 7.04. The monoisotopic (exact) mass is 482 g/mol. The number of benzene rings is 2. The summed E-state index contributed by atoms with van der Waals surface area (Å²) in [5.74, 6) is -1.44. The zero-order chi connectivity index (χ0) is 23.4. The van der Waals surface area contributed by atoms with Gasteiger partial charge in [-0.15, -0.1) is 0 Å². The minimum atomic E-state index is -0.889. The highest BCUT2D eigenvalue weighted by molar-refractivity contribution is 7.17. The predicted molar refractivity (Wildman–Crippen MR) is 127 cm³/mol. The molecule has 3 N–H and O–H groups in total. The van der Waals surface area contributed by atoms with Gasteiger partial charge >= 0.3 is 5.97 Å². The number of halogens is 1. The van der Waals surface area contributed by atoms with E-state index in [1.807, 2.05) is 30.3 Å². The molecule has 4 aromatic rings. The number of methoxy groups -OCH3 is 1. The molecule has 2 amide bonds. The van der Waals surface area contributed by atoms with Gasteiger partial charge in [-0.2, -0.15) is 0 Å². The number of carbonyl (C=O) groups excluding carboxylic acids is 3. The quantitative estimate of drug-likeness (QED) is 0.344. The number of anilines is 1. The second kappa shape index (κ2) is 9.85. The number of hydrogen-bond acceptors (Lipinski definition) is 6. The van der Waals surface area contributed by atoms with E-state index in [1.165, 1.54) is 13.3 Å². The Balaban J connectivity index is 1.54. The summed E-state index contributed by atoms with van der Waals surface area (Å²) in [4.78, 5) is 45.0. The Bertz CT molecular complexity index is 1320. The first-order valence-corrected chi connectivity index (χ1v) is 11.1. The summed E-state index contributed by atoms with van der Waals surface area (Å²) in [6.45, 7) is 0. The number of nitrogens with one attached hydrogen (secondary N) is 3. The fourth-order valence-corrected chi connectivity index (χ4v) is 4.16. The molecule has 2 aromatic heterocycles. The zero-order valence-corrected chi connectivity index (χ0v) is 19.0. The lowest BCUT2D eigenvalue weighted by Crippen LogP contribution is -2.45. The van der Waals surface area contributed by atoms with Crippen LogP contribution in [-0.2, 0) is 16.0 Å². The van der Waals surface area contributed by atoms with E-state index in [4.69, 9.17) is 11.6 Å². The molecule has 33 heavy (non-hydrogen) atoms. The summed E-state index contributed by atoms with van der Waals surface area (Å²) < 4.78 is 4.66. The minimum absolute atomic E-state index is 0.230. The van der Waals surface area contributed by atoms with Crippen LogP contribution in [0.5, 0.6) is 0 Å². The van der Waals surface area contributed by atoms with Gasteiger partial charge in [-0.3, -0.25) is 9.59 Å². The molecule has 0 unspecified atom stereocenters. The topological polar surface area (TPSA) is 113 Å². The van der Waals surface area contributed by atoms with Crippen LogP contribution in [0.4, 0.5) is 5.13 Å². The fourth-order valence-electron chi connectivity index (χ4n) is 3.24. The van der Waals surface area contributed by atoms with E-state index < -0.39 is 23.8 Å². The molecule has 0 saturated heterocycles. The van der Waals surface area contributed by atoms with Gasteiger partial charge in [0.25, 0.3) is 5.91 Å². The third-order valence-corrected chi connectivity index (χ3v) is 5.98. The summed E-state index contributed by atoms with van der Waals surface area (Å²) >= 11 is 7.02. The van der Waals surface area contributed by atoms with Gasteiger partial charge in [0.05, 0.1) is 13.3 Å². The number of rotatable bonds is 7. The number of esters is 1. The molecule has 2 aromatic carbocycles. The number of hydrogen-bond donors (Lipinski definition) is 3. The molecule has 0 spiro atoms. The maximum absolute atomic E-state index is 13.0. The lowest BCUT2D eigenvalue weighted by Gasteiger charge is -2.17. The van der Waals surface area contributed by atoms with Crippen LogP contribution in [0.25, 0.3) is 10.9 Å². The van der Waals surface area contributed by atoms with Crippen LogP contribution in [0, 0.1) is 0 Å². The molecule has 0 radical (unpaired) electrons. The maximum atomic E-state index is 13.0. The second-order valence-electron chi connectivity index (χ2n) is 7.14. The summed E-state index contributed by atoms with van der Waals surface area (Å²) in [7, 11) is 1.27. The van der Waals surface area contributed by atoms with Crippen LogP contribution in [0.2, 0.25) is 5.02 Å². The molecule has 0 saturated carbocycles. The molecule has 0 aliphatic rings. The van der Waals surface area contributed by atoms with Crippen molar-refractivity contribution in [1.82, 2.24) is 15.3 Å². The van der Waals surface area contributed by atoms with Crippen molar-refractivity contribution in [1.29, 1.82) is 0 Å². The van der Waals surface area contributed by atoms with Crippen molar-refractivity contribution < 1.29 is 19.1 Å². The lowest BCUT2D eigenvalue weighted by atomic mass is 10.1. The predicted octanol–water partition coefficient (Wildman–Crippen LogP) is 4.04. The highest BCUT2D eigenvalue weighted by Gasteiger charge is 2.24. The molecule has 0 aliphatic carbocycles. The highest BCUT2D eigenvalue weighted by atomic mass is 35.5. The van der Waals surface area contributed by atoms with Gasteiger partial charge < -0.3 is 20.4 Å². The van der Waals surface area contributed by atoms with Crippen LogP contribution in [0.3, 0.4) is 0 Å². The molecule has 1 atom stereocenters. The van der Waals surface area contributed by atoms with Gasteiger partial charge in [-0.1, -0.05) is 53.3 Å². The van der Waals surface area contributed by atoms with Crippen molar-refractivity contribution in [3.05, 3.63) is 82.0 Å². The average molecular weight is 483 g/mol. The smallest absolute Gasteiger partial charge is 0.349 e. The molecule has 168 valence electrons. The molecular formula is C23H19ClN4O4S. The summed E-state index contributed by atoms with van der Waals surface area (Å²) in [6.07, 6.45) is 1.59. The number of aromatic amines is 1. The van der Waals surface area contributed by atoms with E-state index >= 15 is 0 Å². The van der Waals surface area contributed by atoms with Crippen LogP contribution in [0.15, 0.2) is 60.8 Å². The normalized spacial score (nSPS) is 11.7. The van der Waals surface area contributed by atoms with Gasteiger partial charge in [0.15, 0.2) is 5.13 Å². The standard InChI is InChI=1S/C23H19ClN4O4S/c1-32-22(31)19-12-25-23(33-19)28-21(30)17(9-13-5-3-2-4-6-13)27-20(29)18-11-14-10-15(24)7-8-16(14)26-18/h2-8,10-12,17,26H,9H2,1H3,(H,27,29)(H,25,28,30)/t17-/m0/s1. The third-order valence-electron chi connectivity index (χ3n) is 4.85. The zero-order valence-electron chi connectivity index (χ0n) is 17.4. The molecule has 2 heterocycles. The number of ether oxygens (including phenoxy) is 1. The average Bonchev–Trinajstić information content (AvgIpc) is 3.45. The lowest BCUT2D eigenvalue weighted by molar-refractivity contribution is -0.118. The number of thiazole rings is 1. The molecule has 8 nitrogen and oxygen atoms in total. The number of fused-ring (bicyclic) bond motifs is 1. The second-order valence-corrected chi connectivity index (χ2v) is 8.61. The molecule has 0 aliphatic heterocycles. The fraction of sp³-hybridized carbons (Fsp3) is 0.130. The maximum Gasteiger partial charge on any atom is 0.349 e. The highest BCUT2D eigenvalue weighted by Crippen LogP contribution is 2.21. The van der Waals surface area contributed by atoms with E-state index in [0.717, 1.165) is 27.8 Å². The van der Waals surface area contributed by atoms with Crippen LogP contribution < -0.4 is 10.6 Å². The number of aromatic nitrogens is 2. The summed E-state index contributed by atoms with van der Waals surface area (Å²) in [6, 6.07) is 15.4. The first kappa shape index (κ1) is 22.5. The van der Waals surface area contributed by atoms with E-state index in [2.05, 4.69) is 25.3 Å². The van der Waals surface area contributed by atoms with Crippen molar-refractivity contribution in [3.8, 4) is 0 Å². The van der Waals surface area contributed by atoms with Gasteiger partial charge in [0.1, 0.15) is 16.6 Å². The van der Waals surface area contributed by atoms with Gasteiger partial charge in [-0.25, -0.2) is 9.78 Å². The molecule has 0 bridgehead atoms. The Morgan fingerprint density at radius 2 is 1.94 bits per heavy atom. The Hall–Kier alpha value is -3.69. The Kier molecular flexibility index (Phi) is 6.71. The Labute approximate surface area is 197 Å². The molecule has 4 rings (SSSR count). The van der Waals surface area contributed by atoms with E-state index in [-0.39, 0.29) is 16.4 Å². The van der Waals surface area contributed by atoms with Crippen molar-refractivity contribution in [3.63, 3.8) is 0 Å². The first-order valence-electron chi connectivity index (χ1n) is 9.91. The molecule has 0 fully saturated rings. The number of nitrogens with zero attached hydrogens (tertiary/aromatic N) is 1. The largest absolute Gasteiger partial charge is 0.465 e. The summed E-state index contributed by atoms with van der Waals surface area (Å²) in [5.41, 5.74) is 1.93. The first-order chi connectivity index (χ1) is 15.9. The van der Waals surface area contributed by atoms with Crippen molar-refractivity contribution in [2.24, 2.45) is 0 Å². The number of amides is 2. The van der Waals surface area contributed by atoms with E-state index in [0.29, 0.717) is 10.7 Å². The Morgan fingerprint density at radius 3 is 2.70 bits per heavy atom. The molecule has 10 heteroatoms. The van der Waals surface area contributed by atoms with Gasteiger partial charge in [0, 0.05) is 22.3 Å². The van der Waals surface area contributed by atoms with Crippen LogP contribution in [0.1, 0.15) is 25.7 Å². The van der Waals surface area contributed by atoms with Crippen molar-refractivity contribution in [2.45, 2.75) is 12.5 Å². The minimum Gasteiger partial charge on any atom is -0.465 e. The van der Waals surface area contributed by atoms with Gasteiger partial charge in [0.2, 0.25) is 5.91 Å². The van der Waals surface area contributed by atoms with E-state index in [9.17, 15) is 14.4 Å². The van der Waals surface area contributed by atoms with Crippen molar-refractivity contribution >= 4 is 56.8 Å². The van der Waals surface area contributed by atoms with Crippen LogP contribution >= 0.6 is 22.9 Å². The third kappa shape index (κ3) is 5.39. The van der Waals surface area contributed by atoms with Gasteiger partial charge in [-0.05, 0) is 29.8 Å². The number of H-pyrrole nitrogens is 1. The Morgan fingerprint density at radius 1 is 1.15 bits per heavy atom. The molecular weight excluding hydrogens is 464 g/mol. The van der Waals surface area contributed by atoms with E-state index in [1.54, 1.807) is 24.3 Å². The van der Waals surface area contributed by atoms with Crippen LogP contribution in [-0.4, -0.2) is 40.9 Å². The SMILES string of the molecule is COC(=O)c1cnc(NC(=O)[C@H](Cc2ccccc2)NC(=O)c2cc3cc(Cl)ccc3[nH]2)s1. The number of carbonyl (C=O) groups is 3.